The molecule has 1 atom stereocenters. The number of aromatic nitrogens is 2. The van der Waals surface area contributed by atoms with E-state index in [9.17, 15) is 13.2 Å². The van der Waals surface area contributed by atoms with E-state index >= 15 is 0 Å². The summed E-state index contributed by atoms with van der Waals surface area (Å²) < 4.78 is 28.6. The molecule has 30 heavy (non-hydrogen) atoms. The average Bonchev–Trinajstić information content (AvgIpc) is 3.42. The Morgan fingerprint density at radius 3 is 2.87 bits per heavy atom. The Morgan fingerprint density at radius 1 is 1.27 bits per heavy atom. The number of fused-ring (bicyclic) bond motifs is 1. The minimum atomic E-state index is -3.49. The molecule has 0 saturated heterocycles. The molecule has 1 unspecified atom stereocenters. The van der Waals surface area contributed by atoms with Gasteiger partial charge in [-0.1, -0.05) is 18.6 Å². The highest BCUT2D eigenvalue weighted by Crippen LogP contribution is 2.40. The molecular formula is C21H27N5O3S. The lowest BCUT2D eigenvalue weighted by molar-refractivity contribution is -0.116. The van der Waals surface area contributed by atoms with Gasteiger partial charge in [0, 0.05) is 24.6 Å². The maximum absolute atomic E-state index is 12.3. The summed E-state index contributed by atoms with van der Waals surface area (Å²) in [5.41, 5.74) is 0.619. The van der Waals surface area contributed by atoms with Crippen molar-refractivity contribution in [3.63, 3.8) is 0 Å². The largest absolute Gasteiger partial charge is 0.311 e. The fourth-order valence-electron chi connectivity index (χ4n) is 3.74. The van der Waals surface area contributed by atoms with Crippen molar-refractivity contribution < 1.29 is 13.2 Å². The van der Waals surface area contributed by atoms with Gasteiger partial charge >= 0.3 is 0 Å². The van der Waals surface area contributed by atoms with Crippen molar-refractivity contribution in [2.24, 2.45) is 10.9 Å². The van der Waals surface area contributed by atoms with Gasteiger partial charge in [0.15, 0.2) is 0 Å². The van der Waals surface area contributed by atoms with E-state index in [1.54, 1.807) is 30.5 Å². The number of carbonyl (C=O) groups excluding carboxylic acids is 1. The Kier molecular flexibility index (Phi) is 5.90. The fourth-order valence-corrected chi connectivity index (χ4v) is 4.99. The minimum absolute atomic E-state index is 0.0106. The standard InChI is InChI=1S/C21H27N5O3S/c1-15(16-10-11-16)26-19(12-14-23-26)24-20(27)9-3-2-6-13-22-21-17-7-4-5-8-18(17)30(28,29)25-21/h4-5,7-8,12,14-16H,2-3,6,9-11,13H2,1H3,(H,22,25)(H,24,27). The predicted molar refractivity (Wildman–Crippen MR) is 115 cm³/mol. The highest BCUT2D eigenvalue weighted by molar-refractivity contribution is 7.90. The minimum Gasteiger partial charge on any atom is -0.311 e. The number of aliphatic imine (C=N–C) groups is 1. The number of nitrogens with zero attached hydrogens (tertiary/aromatic N) is 3. The van der Waals surface area contributed by atoms with Crippen LogP contribution in [0.15, 0.2) is 46.4 Å². The summed E-state index contributed by atoms with van der Waals surface area (Å²) in [6.07, 6.45) is 7.01. The van der Waals surface area contributed by atoms with Crippen LogP contribution in [-0.4, -0.2) is 36.5 Å². The lowest BCUT2D eigenvalue weighted by Gasteiger charge is -2.15. The fraction of sp³-hybridized carbons (Fsp3) is 0.476. The van der Waals surface area contributed by atoms with E-state index in [0.717, 1.165) is 25.1 Å². The summed E-state index contributed by atoms with van der Waals surface area (Å²) >= 11 is 0. The van der Waals surface area contributed by atoms with Crippen molar-refractivity contribution in [3.8, 4) is 0 Å². The topological polar surface area (TPSA) is 105 Å². The van der Waals surface area contributed by atoms with Crippen LogP contribution in [0.3, 0.4) is 0 Å². The van der Waals surface area contributed by atoms with Crippen molar-refractivity contribution in [3.05, 3.63) is 42.1 Å². The molecule has 0 bridgehead atoms. The lowest BCUT2D eigenvalue weighted by Crippen LogP contribution is -2.22. The average molecular weight is 430 g/mol. The Labute approximate surface area is 176 Å². The molecule has 2 aromatic rings. The normalized spacial score (nSPS) is 19.3. The number of hydrogen-bond acceptors (Lipinski definition) is 5. The first kappa shape index (κ1) is 20.6. The zero-order chi connectivity index (χ0) is 21.1. The maximum atomic E-state index is 12.3. The zero-order valence-electron chi connectivity index (χ0n) is 17.0. The first-order valence-electron chi connectivity index (χ1n) is 10.5. The summed E-state index contributed by atoms with van der Waals surface area (Å²) in [6, 6.07) is 8.99. The van der Waals surface area contributed by atoms with Crippen molar-refractivity contribution in [2.75, 3.05) is 11.9 Å². The second-order valence-corrected chi connectivity index (χ2v) is 9.58. The highest BCUT2D eigenvalue weighted by Gasteiger charge is 2.31. The van der Waals surface area contributed by atoms with E-state index < -0.39 is 10.0 Å². The zero-order valence-corrected chi connectivity index (χ0v) is 17.9. The lowest BCUT2D eigenvalue weighted by atomic mass is 10.2. The summed E-state index contributed by atoms with van der Waals surface area (Å²) in [5.74, 6) is 1.82. The molecule has 1 aliphatic carbocycles. The maximum Gasteiger partial charge on any atom is 0.263 e. The number of nitrogens with one attached hydrogen (secondary N) is 2. The Morgan fingerprint density at radius 2 is 2.07 bits per heavy atom. The van der Waals surface area contributed by atoms with Gasteiger partial charge in [0.25, 0.3) is 10.0 Å². The first-order chi connectivity index (χ1) is 14.5. The molecule has 9 heteroatoms. The number of benzene rings is 1. The first-order valence-corrected chi connectivity index (χ1v) is 11.9. The number of anilines is 1. The van der Waals surface area contributed by atoms with Crippen LogP contribution in [-0.2, 0) is 14.8 Å². The second-order valence-electron chi connectivity index (χ2n) is 7.93. The molecule has 2 heterocycles. The molecule has 8 nitrogen and oxygen atoms in total. The second kappa shape index (κ2) is 8.59. The van der Waals surface area contributed by atoms with Crippen LogP contribution in [0, 0.1) is 5.92 Å². The molecule has 1 amide bonds. The molecule has 1 saturated carbocycles. The number of amides is 1. The summed E-state index contributed by atoms with van der Waals surface area (Å²) in [4.78, 5) is 16.9. The van der Waals surface area contributed by atoms with Crippen LogP contribution >= 0.6 is 0 Å². The molecule has 1 aromatic carbocycles. The third-order valence-corrected chi connectivity index (χ3v) is 7.02. The van der Waals surface area contributed by atoms with Crippen molar-refractivity contribution in [2.45, 2.75) is 56.4 Å². The molecule has 1 aliphatic heterocycles. The van der Waals surface area contributed by atoms with E-state index in [1.807, 2.05) is 10.7 Å². The third-order valence-electron chi connectivity index (χ3n) is 5.62. The summed E-state index contributed by atoms with van der Waals surface area (Å²) in [5, 5.41) is 7.32. The van der Waals surface area contributed by atoms with Gasteiger partial charge in [-0.25, -0.2) is 13.1 Å². The monoisotopic (exact) mass is 429 g/mol. The molecule has 2 aliphatic rings. The van der Waals surface area contributed by atoms with Crippen LogP contribution < -0.4 is 10.0 Å². The van der Waals surface area contributed by atoms with E-state index in [-0.39, 0.29) is 10.8 Å². The predicted octanol–water partition coefficient (Wildman–Crippen LogP) is 3.09. The van der Waals surface area contributed by atoms with Crippen molar-refractivity contribution in [1.29, 1.82) is 0 Å². The molecule has 0 spiro atoms. The number of sulfonamides is 1. The number of hydrogen-bond donors (Lipinski definition) is 2. The number of rotatable bonds is 9. The van der Waals surface area contributed by atoms with Crippen LogP contribution in [0.4, 0.5) is 5.82 Å². The number of unbranched alkanes of at least 4 members (excludes halogenated alkanes) is 2. The smallest absolute Gasteiger partial charge is 0.263 e. The third kappa shape index (κ3) is 4.56. The molecule has 2 N–H and O–H groups in total. The molecule has 0 radical (unpaired) electrons. The van der Waals surface area contributed by atoms with E-state index in [2.05, 4.69) is 27.1 Å². The van der Waals surface area contributed by atoms with Gasteiger partial charge in [-0.3, -0.25) is 14.5 Å². The molecule has 1 fully saturated rings. The van der Waals surface area contributed by atoms with E-state index in [1.165, 1.54) is 12.8 Å². The van der Waals surface area contributed by atoms with Gasteiger partial charge in [-0.15, -0.1) is 0 Å². The number of amidine groups is 1. The molecule has 4 rings (SSSR count). The van der Waals surface area contributed by atoms with Gasteiger partial charge in [0.05, 0.1) is 17.1 Å². The summed E-state index contributed by atoms with van der Waals surface area (Å²) in [7, 11) is -3.49. The molecular weight excluding hydrogens is 402 g/mol. The van der Waals surface area contributed by atoms with Gasteiger partial charge < -0.3 is 5.32 Å². The van der Waals surface area contributed by atoms with E-state index in [4.69, 9.17) is 0 Å². The van der Waals surface area contributed by atoms with Gasteiger partial charge in [-0.2, -0.15) is 5.10 Å². The highest BCUT2D eigenvalue weighted by atomic mass is 32.2. The molecule has 1 aromatic heterocycles. The quantitative estimate of drug-likeness (QED) is 0.598. The summed E-state index contributed by atoms with van der Waals surface area (Å²) in [6.45, 7) is 2.66. The number of carbonyl (C=O) groups is 1. The van der Waals surface area contributed by atoms with Crippen molar-refractivity contribution in [1.82, 2.24) is 14.5 Å². The Bertz CT molecular complexity index is 1060. The van der Waals surface area contributed by atoms with Crippen LogP contribution in [0.2, 0.25) is 0 Å². The Hall–Kier alpha value is -2.68. The van der Waals surface area contributed by atoms with Gasteiger partial charge in [0.2, 0.25) is 5.91 Å². The molecule has 160 valence electrons. The Balaban J connectivity index is 1.20. The van der Waals surface area contributed by atoms with Gasteiger partial charge in [0.1, 0.15) is 11.7 Å². The van der Waals surface area contributed by atoms with Crippen LogP contribution in [0.1, 0.15) is 57.1 Å². The van der Waals surface area contributed by atoms with Gasteiger partial charge in [-0.05, 0) is 50.7 Å². The van der Waals surface area contributed by atoms with E-state index in [0.29, 0.717) is 36.3 Å². The van der Waals surface area contributed by atoms with Crippen LogP contribution in [0.25, 0.3) is 0 Å². The SMILES string of the molecule is CC(C1CC1)n1nccc1NC(=O)CCCCCN=C1NS(=O)(=O)c2ccccc21. The van der Waals surface area contributed by atoms with Crippen LogP contribution in [0.5, 0.6) is 0 Å². The van der Waals surface area contributed by atoms with Crippen molar-refractivity contribution >= 4 is 27.6 Å².